The van der Waals surface area contributed by atoms with E-state index in [-0.39, 0.29) is 18.0 Å². The zero-order valence-corrected chi connectivity index (χ0v) is 22.4. The third kappa shape index (κ3) is 5.52. The van der Waals surface area contributed by atoms with Gasteiger partial charge in [-0.05, 0) is 95.3 Å². The first-order valence-electron chi connectivity index (χ1n) is 13.4. The standard InChI is InChI=1S/C33H33F2NO3/c1-21-7-14-29(35)32(39-2)30(21)28-6-3-5-25-18-26(33(37)38)12-13-27(25)31(28)24-10-8-22(9-11-24)17-23-19-36(20-23)16-4-15-34/h7-14,17-18H,3-6,15-16,19-20H2,1-2H3,(H,37,38). The molecule has 2 aliphatic rings. The Balaban J connectivity index is 1.61. The quantitative estimate of drug-likeness (QED) is 0.335. The van der Waals surface area contributed by atoms with E-state index >= 15 is 0 Å². The lowest BCUT2D eigenvalue weighted by molar-refractivity contribution is 0.0696. The van der Waals surface area contributed by atoms with E-state index in [0.29, 0.717) is 12.8 Å². The van der Waals surface area contributed by atoms with E-state index in [4.69, 9.17) is 4.74 Å². The number of alkyl halides is 1. The molecular formula is C33H33F2NO3. The fraction of sp³-hybridized carbons (Fsp3) is 0.303. The Bertz CT molecular complexity index is 1450. The third-order valence-electron chi connectivity index (χ3n) is 7.65. The average molecular weight is 530 g/mol. The van der Waals surface area contributed by atoms with Crippen molar-refractivity contribution in [1.29, 1.82) is 0 Å². The van der Waals surface area contributed by atoms with E-state index in [1.54, 1.807) is 18.2 Å². The summed E-state index contributed by atoms with van der Waals surface area (Å²) in [7, 11) is 1.49. The highest BCUT2D eigenvalue weighted by molar-refractivity contribution is 6.02. The Kier molecular flexibility index (Phi) is 7.94. The van der Waals surface area contributed by atoms with Crippen molar-refractivity contribution >= 4 is 23.2 Å². The summed E-state index contributed by atoms with van der Waals surface area (Å²) in [6, 6.07) is 16.9. The molecule has 0 saturated carbocycles. The average Bonchev–Trinajstić information content (AvgIpc) is 3.10. The number of likely N-dealkylation sites (tertiary alicyclic amines) is 1. The summed E-state index contributed by atoms with van der Waals surface area (Å²) >= 11 is 0. The number of nitrogens with zero attached hydrogens (tertiary/aromatic N) is 1. The summed E-state index contributed by atoms with van der Waals surface area (Å²) in [6.45, 7) is 4.21. The fourth-order valence-corrected chi connectivity index (χ4v) is 5.77. The van der Waals surface area contributed by atoms with Crippen LogP contribution in [0.1, 0.15) is 63.0 Å². The van der Waals surface area contributed by atoms with Crippen molar-refractivity contribution < 1.29 is 23.4 Å². The predicted octanol–water partition coefficient (Wildman–Crippen LogP) is 7.19. The van der Waals surface area contributed by atoms with E-state index in [0.717, 1.165) is 77.0 Å². The van der Waals surface area contributed by atoms with Crippen molar-refractivity contribution in [3.63, 3.8) is 0 Å². The van der Waals surface area contributed by atoms with Gasteiger partial charge in [-0.2, -0.15) is 0 Å². The van der Waals surface area contributed by atoms with Crippen molar-refractivity contribution in [2.45, 2.75) is 32.6 Å². The van der Waals surface area contributed by atoms with Gasteiger partial charge in [0.05, 0.1) is 19.3 Å². The van der Waals surface area contributed by atoms with Gasteiger partial charge < -0.3 is 9.84 Å². The van der Waals surface area contributed by atoms with Gasteiger partial charge in [0.1, 0.15) is 0 Å². The van der Waals surface area contributed by atoms with Crippen LogP contribution in [0, 0.1) is 12.7 Å². The van der Waals surface area contributed by atoms with Crippen molar-refractivity contribution in [3.8, 4) is 5.75 Å². The second-order valence-corrected chi connectivity index (χ2v) is 10.3. The van der Waals surface area contributed by atoms with Gasteiger partial charge in [0.15, 0.2) is 11.6 Å². The molecule has 1 saturated heterocycles. The molecule has 1 heterocycles. The number of halogens is 2. The Labute approximate surface area is 228 Å². The van der Waals surface area contributed by atoms with Crippen LogP contribution >= 0.6 is 0 Å². The normalized spacial score (nSPS) is 15.4. The van der Waals surface area contributed by atoms with E-state index in [2.05, 4.69) is 35.2 Å². The number of ether oxygens (including phenoxy) is 1. The van der Waals surface area contributed by atoms with Crippen LogP contribution in [0.25, 0.3) is 17.2 Å². The molecule has 6 heteroatoms. The van der Waals surface area contributed by atoms with Gasteiger partial charge in [-0.3, -0.25) is 9.29 Å². The van der Waals surface area contributed by atoms with Gasteiger partial charge in [0.25, 0.3) is 0 Å². The fourth-order valence-electron chi connectivity index (χ4n) is 5.77. The van der Waals surface area contributed by atoms with Gasteiger partial charge in [0.2, 0.25) is 0 Å². The van der Waals surface area contributed by atoms with Gasteiger partial charge in [-0.15, -0.1) is 0 Å². The molecule has 3 aromatic carbocycles. The molecule has 3 aromatic rings. The van der Waals surface area contributed by atoms with Gasteiger partial charge in [-0.25, -0.2) is 9.18 Å². The van der Waals surface area contributed by atoms with Crippen molar-refractivity contribution in [3.05, 3.63) is 105 Å². The molecule has 0 radical (unpaired) electrons. The third-order valence-corrected chi connectivity index (χ3v) is 7.65. The Morgan fingerprint density at radius 1 is 1.08 bits per heavy atom. The van der Waals surface area contributed by atoms with E-state index < -0.39 is 11.8 Å². The summed E-state index contributed by atoms with van der Waals surface area (Å²) < 4.78 is 32.9. The predicted molar refractivity (Wildman–Crippen MR) is 151 cm³/mol. The second kappa shape index (κ2) is 11.5. The van der Waals surface area contributed by atoms with Crippen LogP contribution in [0.15, 0.2) is 60.2 Å². The van der Waals surface area contributed by atoms with Crippen molar-refractivity contribution in [1.82, 2.24) is 4.90 Å². The Morgan fingerprint density at radius 2 is 1.85 bits per heavy atom. The van der Waals surface area contributed by atoms with Crippen LogP contribution < -0.4 is 4.74 Å². The number of rotatable bonds is 8. The molecule has 1 fully saturated rings. The lowest BCUT2D eigenvalue weighted by Gasteiger charge is -2.33. The number of benzene rings is 3. The summed E-state index contributed by atoms with van der Waals surface area (Å²) in [6.07, 6.45) is 4.99. The lowest BCUT2D eigenvalue weighted by atomic mass is 9.85. The zero-order chi connectivity index (χ0) is 27.5. The molecule has 0 unspecified atom stereocenters. The molecule has 39 heavy (non-hydrogen) atoms. The molecule has 4 nitrogen and oxygen atoms in total. The number of aryl methyl sites for hydroxylation is 2. The first kappa shape index (κ1) is 26.8. The molecule has 0 spiro atoms. The van der Waals surface area contributed by atoms with Gasteiger partial charge in [0, 0.05) is 25.2 Å². The van der Waals surface area contributed by atoms with Crippen LogP contribution in [0.5, 0.6) is 5.75 Å². The number of carbonyl (C=O) groups is 1. The summed E-state index contributed by atoms with van der Waals surface area (Å²) in [5, 5.41) is 9.60. The minimum atomic E-state index is -0.952. The largest absolute Gasteiger partial charge is 0.493 e. The van der Waals surface area contributed by atoms with Crippen LogP contribution in [0.3, 0.4) is 0 Å². The van der Waals surface area contributed by atoms with E-state index in [9.17, 15) is 18.7 Å². The maximum atomic E-state index is 14.9. The summed E-state index contributed by atoms with van der Waals surface area (Å²) in [5.41, 5.74) is 9.27. The van der Waals surface area contributed by atoms with E-state index in [1.165, 1.54) is 18.7 Å². The number of methoxy groups -OCH3 is 1. The smallest absolute Gasteiger partial charge is 0.335 e. The second-order valence-electron chi connectivity index (χ2n) is 10.3. The number of carboxylic acid groups (broad SMARTS) is 1. The van der Waals surface area contributed by atoms with Crippen LogP contribution in [-0.2, 0) is 6.42 Å². The first-order valence-corrected chi connectivity index (χ1v) is 13.4. The lowest BCUT2D eigenvalue weighted by Crippen LogP contribution is -2.40. The van der Waals surface area contributed by atoms with Crippen molar-refractivity contribution in [2.24, 2.45) is 0 Å². The monoisotopic (exact) mass is 529 g/mol. The maximum Gasteiger partial charge on any atom is 0.335 e. The van der Waals surface area contributed by atoms with Crippen LogP contribution in [0.2, 0.25) is 0 Å². The minimum Gasteiger partial charge on any atom is -0.493 e. The number of fused-ring (bicyclic) bond motifs is 1. The number of hydrogen-bond acceptors (Lipinski definition) is 3. The van der Waals surface area contributed by atoms with Crippen LogP contribution in [0.4, 0.5) is 8.78 Å². The molecule has 5 rings (SSSR count). The SMILES string of the molecule is COc1c(F)ccc(C)c1C1=C(c2ccc(C=C3CN(CCCF)C3)cc2)c2ccc(C(=O)O)cc2CCC1. The molecule has 0 bridgehead atoms. The summed E-state index contributed by atoms with van der Waals surface area (Å²) in [4.78, 5) is 13.9. The highest BCUT2D eigenvalue weighted by atomic mass is 19.1. The molecule has 0 amide bonds. The van der Waals surface area contributed by atoms with Gasteiger partial charge in [-0.1, -0.05) is 42.5 Å². The molecule has 1 aliphatic heterocycles. The zero-order valence-electron chi connectivity index (χ0n) is 22.4. The number of hydrogen-bond donors (Lipinski definition) is 1. The number of allylic oxidation sites excluding steroid dienone is 1. The molecule has 0 aromatic heterocycles. The molecular weight excluding hydrogens is 496 g/mol. The number of carboxylic acids is 1. The molecule has 0 atom stereocenters. The Hall–Kier alpha value is -3.77. The van der Waals surface area contributed by atoms with Crippen molar-refractivity contribution in [2.75, 3.05) is 33.4 Å². The first-order chi connectivity index (χ1) is 18.9. The molecule has 202 valence electrons. The minimum absolute atomic E-state index is 0.233. The maximum absolute atomic E-state index is 14.9. The molecule has 1 N–H and O–H groups in total. The highest BCUT2D eigenvalue weighted by Gasteiger charge is 2.25. The Morgan fingerprint density at radius 3 is 2.54 bits per heavy atom. The highest BCUT2D eigenvalue weighted by Crippen LogP contribution is 2.44. The molecule has 1 aliphatic carbocycles. The van der Waals surface area contributed by atoms with E-state index in [1.807, 2.05) is 13.0 Å². The topological polar surface area (TPSA) is 49.8 Å². The van der Waals surface area contributed by atoms with Gasteiger partial charge >= 0.3 is 5.97 Å². The van der Waals surface area contributed by atoms with Crippen LogP contribution in [-0.4, -0.2) is 49.4 Å². The number of aromatic carboxylic acids is 1. The summed E-state index contributed by atoms with van der Waals surface area (Å²) in [5.74, 6) is -1.12.